The Bertz CT molecular complexity index is 267. The van der Waals surface area contributed by atoms with Gasteiger partial charge in [-0.3, -0.25) is 4.90 Å². The van der Waals surface area contributed by atoms with Crippen molar-refractivity contribution in [2.45, 2.75) is 116 Å². The third-order valence-electron chi connectivity index (χ3n) is 5.37. The first-order chi connectivity index (χ1) is 11.4. The van der Waals surface area contributed by atoms with Gasteiger partial charge in [0.2, 0.25) is 0 Å². The van der Waals surface area contributed by atoms with Crippen molar-refractivity contribution in [1.29, 1.82) is 0 Å². The van der Waals surface area contributed by atoms with Gasteiger partial charge in [0.25, 0.3) is 0 Å². The molecule has 0 unspecified atom stereocenters. The highest BCUT2D eigenvalue weighted by Crippen LogP contribution is 2.17. The summed E-state index contributed by atoms with van der Waals surface area (Å²) >= 11 is 0. The van der Waals surface area contributed by atoms with E-state index in [1.54, 1.807) is 0 Å². The largest absolute Gasteiger partial charge is 0.302 e. The van der Waals surface area contributed by atoms with E-state index in [0.29, 0.717) is 0 Å². The van der Waals surface area contributed by atoms with Crippen LogP contribution in [0.25, 0.3) is 0 Å². The quantitative estimate of drug-likeness (QED) is 0.251. The second kappa shape index (κ2) is 15.2. The van der Waals surface area contributed by atoms with Crippen LogP contribution >= 0.6 is 0 Å². The highest BCUT2D eigenvalue weighted by atomic mass is 16.1. The Kier molecular flexibility index (Phi) is 13.6. The van der Waals surface area contributed by atoms with Crippen molar-refractivity contribution in [3.05, 3.63) is 0 Å². The number of aldehydes is 1. The van der Waals surface area contributed by atoms with E-state index in [1.165, 1.54) is 96.3 Å². The highest BCUT2D eigenvalue weighted by molar-refractivity contribution is 5.58. The molecule has 1 atom stereocenters. The summed E-state index contributed by atoms with van der Waals surface area (Å²) in [4.78, 5) is 13.3. The average Bonchev–Trinajstić information content (AvgIpc) is 3.02. The zero-order valence-corrected chi connectivity index (χ0v) is 15.7. The summed E-state index contributed by atoms with van der Waals surface area (Å²) in [7, 11) is 0. The van der Waals surface area contributed by atoms with Crippen molar-refractivity contribution >= 4 is 6.29 Å². The van der Waals surface area contributed by atoms with E-state index in [-0.39, 0.29) is 6.04 Å². The zero-order valence-electron chi connectivity index (χ0n) is 15.7. The smallest absolute Gasteiger partial charge is 0.137 e. The fourth-order valence-electron chi connectivity index (χ4n) is 3.79. The van der Waals surface area contributed by atoms with Gasteiger partial charge in [-0.05, 0) is 32.4 Å². The Morgan fingerprint density at radius 3 is 1.74 bits per heavy atom. The Morgan fingerprint density at radius 1 is 0.783 bits per heavy atom. The molecule has 0 aromatic heterocycles. The van der Waals surface area contributed by atoms with Gasteiger partial charge in [0, 0.05) is 0 Å². The van der Waals surface area contributed by atoms with Crippen LogP contribution in [-0.2, 0) is 4.79 Å². The average molecular weight is 324 g/mol. The molecular weight excluding hydrogens is 282 g/mol. The van der Waals surface area contributed by atoms with Crippen LogP contribution in [0.5, 0.6) is 0 Å². The molecule has 1 saturated heterocycles. The van der Waals surface area contributed by atoms with E-state index in [1.807, 2.05) is 0 Å². The van der Waals surface area contributed by atoms with E-state index >= 15 is 0 Å². The van der Waals surface area contributed by atoms with Crippen LogP contribution in [0.1, 0.15) is 110 Å². The lowest BCUT2D eigenvalue weighted by Crippen LogP contribution is -2.31. The number of unbranched alkanes of at least 4 members (excludes halogenated alkanes) is 13. The third-order valence-corrected chi connectivity index (χ3v) is 5.37. The first-order valence-corrected chi connectivity index (χ1v) is 10.6. The maximum absolute atomic E-state index is 10.9. The molecule has 1 fully saturated rings. The topological polar surface area (TPSA) is 20.3 Å². The number of hydrogen-bond donors (Lipinski definition) is 0. The maximum atomic E-state index is 10.9. The fraction of sp³-hybridized carbons (Fsp3) is 0.952. The van der Waals surface area contributed by atoms with Gasteiger partial charge in [-0.1, -0.05) is 90.4 Å². The predicted octanol–water partition coefficient (Wildman–Crippen LogP) is 6.13. The van der Waals surface area contributed by atoms with Crippen molar-refractivity contribution in [3.63, 3.8) is 0 Å². The SMILES string of the molecule is CCCCCCCCCCCCCCCCN1CCC[C@H]1C=O. The molecule has 0 aliphatic carbocycles. The molecule has 136 valence electrons. The summed E-state index contributed by atoms with van der Waals surface area (Å²) < 4.78 is 0. The molecule has 0 amide bonds. The molecule has 1 heterocycles. The number of likely N-dealkylation sites (tertiary alicyclic amines) is 1. The Hall–Kier alpha value is -0.370. The van der Waals surface area contributed by atoms with Crippen LogP contribution in [0, 0.1) is 0 Å². The molecule has 1 aliphatic rings. The van der Waals surface area contributed by atoms with Crippen LogP contribution < -0.4 is 0 Å². The number of hydrogen-bond acceptors (Lipinski definition) is 2. The molecule has 0 bridgehead atoms. The molecule has 23 heavy (non-hydrogen) atoms. The van der Waals surface area contributed by atoms with Crippen LogP contribution in [0.4, 0.5) is 0 Å². The lowest BCUT2D eigenvalue weighted by molar-refractivity contribution is -0.111. The van der Waals surface area contributed by atoms with Gasteiger partial charge in [0.15, 0.2) is 0 Å². The van der Waals surface area contributed by atoms with E-state index in [0.717, 1.165) is 25.8 Å². The standard InChI is InChI=1S/C21H41NO/c1-2-3-4-5-6-7-8-9-10-11-12-13-14-15-18-22-19-16-17-21(22)20-23/h20-21H,2-19H2,1H3/t21-/m0/s1. The Balaban J connectivity index is 1.74. The minimum Gasteiger partial charge on any atom is -0.302 e. The summed E-state index contributed by atoms with van der Waals surface area (Å²) in [5, 5.41) is 0. The van der Waals surface area contributed by atoms with Gasteiger partial charge in [0.1, 0.15) is 6.29 Å². The second-order valence-corrected chi connectivity index (χ2v) is 7.48. The van der Waals surface area contributed by atoms with Gasteiger partial charge in [-0.2, -0.15) is 0 Å². The predicted molar refractivity (Wildman–Crippen MR) is 101 cm³/mol. The molecule has 0 saturated carbocycles. The van der Waals surface area contributed by atoms with Gasteiger partial charge >= 0.3 is 0 Å². The highest BCUT2D eigenvalue weighted by Gasteiger charge is 2.22. The summed E-state index contributed by atoms with van der Waals surface area (Å²) in [5.41, 5.74) is 0. The van der Waals surface area contributed by atoms with Crippen molar-refractivity contribution < 1.29 is 4.79 Å². The molecule has 1 rings (SSSR count). The summed E-state index contributed by atoms with van der Waals surface area (Å²) in [6.07, 6.45) is 23.2. The first-order valence-electron chi connectivity index (χ1n) is 10.6. The van der Waals surface area contributed by atoms with Crippen LogP contribution in [0.2, 0.25) is 0 Å². The first kappa shape index (κ1) is 20.7. The summed E-state index contributed by atoms with van der Waals surface area (Å²) in [6.45, 7) is 4.57. The second-order valence-electron chi connectivity index (χ2n) is 7.48. The minimum absolute atomic E-state index is 0.233. The van der Waals surface area contributed by atoms with Gasteiger partial charge in [-0.15, -0.1) is 0 Å². The fourth-order valence-corrected chi connectivity index (χ4v) is 3.79. The normalized spacial score (nSPS) is 18.6. The van der Waals surface area contributed by atoms with E-state index < -0.39 is 0 Å². The van der Waals surface area contributed by atoms with Gasteiger partial charge in [0.05, 0.1) is 6.04 Å². The Labute approximate surface area is 145 Å². The van der Waals surface area contributed by atoms with Crippen LogP contribution in [0.15, 0.2) is 0 Å². The monoisotopic (exact) mass is 323 g/mol. The van der Waals surface area contributed by atoms with Crippen molar-refractivity contribution in [1.82, 2.24) is 4.90 Å². The molecule has 2 nitrogen and oxygen atoms in total. The summed E-state index contributed by atoms with van der Waals surface area (Å²) in [5.74, 6) is 0. The molecule has 2 heteroatoms. The van der Waals surface area contributed by atoms with Gasteiger partial charge < -0.3 is 4.79 Å². The molecular formula is C21H41NO. The van der Waals surface area contributed by atoms with E-state index in [9.17, 15) is 4.79 Å². The van der Waals surface area contributed by atoms with Crippen LogP contribution in [0.3, 0.4) is 0 Å². The number of nitrogens with zero attached hydrogens (tertiary/aromatic N) is 1. The minimum atomic E-state index is 0.233. The zero-order chi connectivity index (χ0) is 16.6. The number of carbonyl (C=O) groups is 1. The number of rotatable bonds is 16. The molecule has 0 aromatic carbocycles. The van der Waals surface area contributed by atoms with Crippen molar-refractivity contribution in [2.24, 2.45) is 0 Å². The van der Waals surface area contributed by atoms with Crippen molar-refractivity contribution in [3.8, 4) is 0 Å². The third kappa shape index (κ3) is 10.9. The van der Waals surface area contributed by atoms with E-state index in [4.69, 9.17) is 0 Å². The lowest BCUT2D eigenvalue weighted by atomic mass is 10.0. The molecule has 1 aliphatic heterocycles. The molecule has 0 N–H and O–H groups in total. The van der Waals surface area contributed by atoms with E-state index in [2.05, 4.69) is 11.8 Å². The maximum Gasteiger partial charge on any atom is 0.137 e. The molecule has 0 spiro atoms. The van der Waals surface area contributed by atoms with Gasteiger partial charge in [-0.25, -0.2) is 0 Å². The Morgan fingerprint density at radius 2 is 1.26 bits per heavy atom. The summed E-state index contributed by atoms with van der Waals surface area (Å²) in [6, 6.07) is 0.233. The molecule has 0 radical (unpaired) electrons. The number of carbonyl (C=O) groups excluding carboxylic acids is 1. The lowest BCUT2D eigenvalue weighted by Gasteiger charge is -2.19. The molecule has 0 aromatic rings. The van der Waals surface area contributed by atoms with Crippen LogP contribution in [-0.4, -0.2) is 30.3 Å². The van der Waals surface area contributed by atoms with Crippen molar-refractivity contribution in [2.75, 3.05) is 13.1 Å².